The first-order valence-corrected chi connectivity index (χ1v) is 12.4. The van der Waals surface area contributed by atoms with Gasteiger partial charge in [0.25, 0.3) is 0 Å². The van der Waals surface area contributed by atoms with Crippen molar-refractivity contribution >= 4 is 15.5 Å². The molecule has 3 aliphatic rings. The molecule has 0 N–H and O–H groups in total. The highest BCUT2D eigenvalue weighted by molar-refractivity contribution is 7.92. The molecule has 0 spiro atoms. The number of sulfone groups is 1. The number of ether oxygens (including phenoxy) is 2. The van der Waals surface area contributed by atoms with E-state index in [4.69, 9.17) is 9.47 Å². The fourth-order valence-corrected chi connectivity index (χ4v) is 6.52. The number of benzene rings is 1. The SMILES string of the molecule is O=S(=O)(CCCN1CCN(c2cccc3c2OCCO3)CC1)C1CCCCC1. The van der Waals surface area contributed by atoms with Gasteiger partial charge < -0.3 is 14.4 Å². The zero-order chi connectivity index (χ0) is 19.4. The van der Waals surface area contributed by atoms with Crippen LogP contribution in [0.1, 0.15) is 38.5 Å². The number of nitrogens with zero attached hydrogens (tertiary/aromatic N) is 2. The minimum Gasteiger partial charge on any atom is -0.486 e. The van der Waals surface area contributed by atoms with Gasteiger partial charge >= 0.3 is 0 Å². The van der Waals surface area contributed by atoms with E-state index in [1.807, 2.05) is 12.1 Å². The van der Waals surface area contributed by atoms with Crippen molar-refractivity contribution in [3.8, 4) is 11.5 Å². The largest absolute Gasteiger partial charge is 0.486 e. The Kier molecular flexibility index (Phi) is 6.31. The van der Waals surface area contributed by atoms with Crippen molar-refractivity contribution in [1.29, 1.82) is 0 Å². The third-order valence-corrected chi connectivity index (χ3v) is 8.57. The van der Waals surface area contributed by atoms with Crippen LogP contribution in [0.2, 0.25) is 0 Å². The average Bonchev–Trinajstić information content (AvgIpc) is 2.74. The molecule has 7 heteroatoms. The van der Waals surface area contributed by atoms with Gasteiger partial charge in [-0.05, 0) is 37.9 Å². The van der Waals surface area contributed by atoms with Gasteiger partial charge in [0.05, 0.1) is 16.7 Å². The quantitative estimate of drug-likeness (QED) is 0.721. The molecule has 1 aromatic carbocycles. The summed E-state index contributed by atoms with van der Waals surface area (Å²) in [4.78, 5) is 4.74. The van der Waals surface area contributed by atoms with Crippen LogP contribution in [0.5, 0.6) is 11.5 Å². The van der Waals surface area contributed by atoms with E-state index in [0.717, 1.165) is 82.0 Å². The second-order valence-electron chi connectivity index (χ2n) is 8.11. The lowest BCUT2D eigenvalue weighted by molar-refractivity contribution is 0.171. The summed E-state index contributed by atoms with van der Waals surface area (Å²) in [6.07, 6.45) is 5.82. The molecular formula is C21H32N2O4S. The van der Waals surface area contributed by atoms with Gasteiger partial charge in [-0.2, -0.15) is 0 Å². The van der Waals surface area contributed by atoms with Crippen LogP contribution < -0.4 is 14.4 Å². The molecule has 2 aliphatic heterocycles. The Morgan fingerprint density at radius 2 is 1.71 bits per heavy atom. The normalized spacial score (nSPS) is 21.6. The van der Waals surface area contributed by atoms with Crippen molar-refractivity contribution < 1.29 is 17.9 Å². The molecule has 1 aromatic rings. The lowest BCUT2D eigenvalue weighted by Crippen LogP contribution is -2.47. The van der Waals surface area contributed by atoms with Crippen LogP contribution in [0.4, 0.5) is 5.69 Å². The number of piperazine rings is 1. The van der Waals surface area contributed by atoms with E-state index in [0.29, 0.717) is 19.0 Å². The molecule has 1 saturated heterocycles. The maximum Gasteiger partial charge on any atom is 0.184 e. The van der Waals surface area contributed by atoms with Crippen LogP contribution >= 0.6 is 0 Å². The van der Waals surface area contributed by atoms with Crippen LogP contribution in [0.25, 0.3) is 0 Å². The number of hydrogen-bond donors (Lipinski definition) is 0. The topological polar surface area (TPSA) is 59.1 Å². The minimum absolute atomic E-state index is 0.0791. The zero-order valence-corrected chi connectivity index (χ0v) is 17.5. The van der Waals surface area contributed by atoms with Crippen molar-refractivity contribution in [2.45, 2.75) is 43.8 Å². The third kappa shape index (κ3) is 4.57. The molecule has 0 aromatic heterocycles. The summed E-state index contributed by atoms with van der Waals surface area (Å²) < 4.78 is 36.6. The fraction of sp³-hybridized carbons (Fsp3) is 0.714. The lowest BCUT2D eigenvalue weighted by Gasteiger charge is -2.37. The van der Waals surface area contributed by atoms with Crippen molar-refractivity contribution in [3.05, 3.63) is 18.2 Å². The van der Waals surface area contributed by atoms with Crippen LogP contribution in [-0.4, -0.2) is 70.3 Å². The molecule has 0 unspecified atom stereocenters. The van der Waals surface area contributed by atoms with E-state index in [9.17, 15) is 8.42 Å². The van der Waals surface area contributed by atoms with Crippen molar-refractivity contribution in [2.24, 2.45) is 0 Å². The maximum atomic E-state index is 12.5. The Morgan fingerprint density at radius 1 is 0.964 bits per heavy atom. The van der Waals surface area contributed by atoms with Gasteiger partial charge in [0, 0.05) is 26.2 Å². The maximum absolute atomic E-state index is 12.5. The highest BCUT2D eigenvalue weighted by Gasteiger charge is 2.27. The predicted octanol–water partition coefficient (Wildman–Crippen LogP) is 2.72. The first-order chi connectivity index (χ1) is 13.6. The second kappa shape index (κ2) is 8.91. The highest BCUT2D eigenvalue weighted by Crippen LogP contribution is 2.39. The number of para-hydroxylation sites is 1. The molecule has 6 nitrogen and oxygen atoms in total. The first kappa shape index (κ1) is 19.8. The molecule has 2 fully saturated rings. The molecule has 4 rings (SSSR count). The molecule has 1 aliphatic carbocycles. The molecule has 0 bridgehead atoms. The van der Waals surface area contributed by atoms with Gasteiger partial charge in [-0.1, -0.05) is 25.3 Å². The predicted molar refractivity (Wildman–Crippen MR) is 111 cm³/mol. The lowest BCUT2D eigenvalue weighted by atomic mass is 10.0. The van der Waals surface area contributed by atoms with E-state index in [1.54, 1.807) is 0 Å². The van der Waals surface area contributed by atoms with Gasteiger partial charge in [-0.25, -0.2) is 8.42 Å². The average molecular weight is 409 g/mol. The van der Waals surface area contributed by atoms with E-state index < -0.39 is 9.84 Å². The standard InChI is InChI=1S/C21H32N2O4S/c24-28(25,18-6-2-1-3-7-18)17-5-10-22-11-13-23(14-12-22)19-8-4-9-20-21(19)27-16-15-26-20/h4,8-9,18H,1-3,5-7,10-17H2. The Balaban J connectivity index is 1.25. The molecule has 0 radical (unpaired) electrons. The first-order valence-electron chi connectivity index (χ1n) is 10.7. The van der Waals surface area contributed by atoms with Gasteiger partial charge in [-0.15, -0.1) is 0 Å². The van der Waals surface area contributed by atoms with Gasteiger partial charge in [0.15, 0.2) is 21.3 Å². The summed E-state index contributed by atoms with van der Waals surface area (Å²) >= 11 is 0. The molecule has 1 saturated carbocycles. The van der Waals surface area contributed by atoms with Gasteiger partial charge in [-0.3, -0.25) is 4.90 Å². The van der Waals surface area contributed by atoms with E-state index in [-0.39, 0.29) is 5.25 Å². The van der Waals surface area contributed by atoms with E-state index in [2.05, 4.69) is 15.9 Å². The summed E-state index contributed by atoms with van der Waals surface area (Å²) in [6, 6.07) is 6.08. The smallest absolute Gasteiger partial charge is 0.184 e. The Bertz CT molecular complexity index is 754. The third-order valence-electron chi connectivity index (χ3n) is 6.22. The summed E-state index contributed by atoms with van der Waals surface area (Å²) in [7, 11) is -2.92. The zero-order valence-electron chi connectivity index (χ0n) is 16.6. The van der Waals surface area contributed by atoms with Crippen LogP contribution in [0, 0.1) is 0 Å². The minimum atomic E-state index is -2.92. The van der Waals surface area contributed by atoms with Gasteiger partial charge in [0.1, 0.15) is 13.2 Å². The number of hydrogen-bond acceptors (Lipinski definition) is 6. The Morgan fingerprint density at radius 3 is 2.50 bits per heavy atom. The molecule has 156 valence electrons. The number of rotatable bonds is 6. The van der Waals surface area contributed by atoms with Crippen molar-refractivity contribution in [2.75, 3.05) is 56.6 Å². The summed E-state index contributed by atoms with van der Waals surface area (Å²) in [5.41, 5.74) is 1.11. The molecule has 0 amide bonds. The van der Waals surface area contributed by atoms with Crippen LogP contribution in [0.15, 0.2) is 18.2 Å². The van der Waals surface area contributed by atoms with E-state index in [1.165, 1.54) is 6.42 Å². The van der Waals surface area contributed by atoms with Crippen molar-refractivity contribution in [1.82, 2.24) is 4.90 Å². The van der Waals surface area contributed by atoms with Gasteiger partial charge in [0.2, 0.25) is 0 Å². The van der Waals surface area contributed by atoms with Crippen LogP contribution in [0.3, 0.4) is 0 Å². The Hall–Kier alpha value is -1.47. The fourth-order valence-electron chi connectivity index (χ4n) is 4.60. The number of fused-ring (bicyclic) bond motifs is 1. The summed E-state index contributed by atoms with van der Waals surface area (Å²) in [5.74, 6) is 2.04. The van der Waals surface area contributed by atoms with Crippen molar-refractivity contribution in [3.63, 3.8) is 0 Å². The molecule has 0 atom stereocenters. The highest BCUT2D eigenvalue weighted by atomic mass is 32.2. The molecule has 28 heavy (non-hydrogen) atoms. The Labute approximate surface area is 168 Å². The monoisotopic (exact) mass is 408 g/mol. The van der Waals surface area contributed by atoms with Crippen LogP contribution in [-0.2, 0) is 9.84 Å². The molecular weight excluding hydrogens is 376 g/mol. The van der Waals surface area contributed by atoms with E-state index >= 15 is 0 Å². The number of anilines is 1. The summed E-state index contributed by atoms with van der Waals surface area (Å²) in [6.45, 7) is 5.83. The summed E-state index contributed by atoms with van der Waals surface area (Å²) in [5, 5.41) is -0.0791. The molecule has 2 heterocycles. The second-order valence-corrected chi connectivity index (χ2v) is 10.5.